The summed E-state index contributed by atoms with van der Waals surface area (Å²) in [6.45, 7) is 4.16. The van der Waals surface area contributed by atoms with Crippen molar-refractivity contribution in [2.75, 3.05) is 6.61 Å². The number of benzene rings is 1. The van der Waals surface area contributed by atoms with Gasteiger partial charge in [-0.1, -0.05) is 6.92 Å². The first-order valence-electron chi connectivity index (χ1n) is 5.91. The lowest BCUT2D eigenvalue weighted by Gasteiger charge is -2.06. The van der Waals surface area contributed by atoms with Crippen molar-refractivity contribution in [3.8, 4) is 17.4 Å². The van der Waals surface area contributed by atoms with E-state index < -0.39 is 0 Å². The van der Waals surface area contributed by atoms with E-state index in [0.29, 0.717) is 23.6 Å². The molecule has 1 aromatic heterocycles. The maximum atomic E-state index is 13.2. The molecule has 0 saturated carbocycles. The van der Waals surface area contributed by atoms with Crippen molar-refractivity contribution in [2.24, 2.45) is 0 Å². The molecule has 0 aliphatic heterocycles. The van der Waals surface area contributed by atoms with Gasteiger partial charge in [-0.05, 0) is 48.7 Å². The Morgan fingerprint density at radius 2 is 2.05 bits per heavy atom. The summed E-state index contributed by atoms with van der Waals surface area (Å²) in [4.78, 5) is 12.1. The molecule has 1 aromatic carbocycles. The molecular weight excluding hydrogens is 269 g/mol. The summed E-state index contributed by atoms with van der Waals surface area (Å²) >= 11 is 5.83. The zero-order valence-electron chi connectivity index (χ0n) is 10.7. The number of ether oxygens (including phenoxy) is 1. The highest BCUT2D eigenvalue weighted by molar-refractivity contribution is 6.28. The van der Waals surface area contributed by atoms with E-state index >= 15 is 0 Å². The average molecular weight is 282 g/mol. The van der Waals surface area contributed by atoms with Crippen LogP contribution in [-0.2, 0) is 0 Å². The van der Waals surface area contributed by atoms with Gasteiger partial charge in [-0.15, -0.1) is 0 Å². The smallest absolute Gasteiger partial charge is 0.321 e. The third-order valence-corrected chi connectivity index (χ3v) is 2.61. The van der Waals surface area contributed by atoms with Crippen LogP contribution in [0.5, 0.6) is 6.01 Å². The second kappa shape index (κ2) is 5.93. The van der Waals surface area contributed by atoms with Gasteiger partial charge in [-0.3, -0.25) is 0 Å². The standard InChI is InChI=1S/C13H13ClFN3O/c1-3-6-19-13-17-11(16-12(14)18-13)9-4-5-10(15)8(2)7-9/h4-5,7H,3,6H2,1-2H3. The summed E-state index contributed by atoms with van der Waals surface area (Å²) in [7, 11) is 0. The Hall–Kier alpha value is -1.75. The van der Waals surface area contributed by atoms with Gasteiger partial charge in [0.05, 0.1) is 6.61 Å². The summed E-state index contributed by atoms with van der Waals surface area (Å²) < 4.78 is 18.6. The Morgan fingerprint density at radius 3 is 2.74 bits per heavy atom. The van der Waals surface area contributed by atoms with E-state index in [2.05, 4.69) is 15.0 Å². The monoisotopic (exact) mass is 281 g/mol. The van der Waals surface area contributed by atoms with Gasteiger partial charge in [0.15, 0.2) is 5.82 Å². The van der Waals surface area contributed by atoms with E-state index in [-0.39, 0.29) is 17.1 Å². The third-order valence-electron chi connectivity index (χ3n) is 2.44. The first kappa shape index (κ1) is 13.7. The average Bonchev–Trinajstić information content (AvgIpc) is 2.39. The summed E-state index contributed by atoms with van der Waals surface area (Å²) in [6.07, 6.45) is 0.842. The van der Waals surface area contributed by atoms with Crippen LogP contribution in [0, 0.1) is 12.7 Å². The maximum absolute atomic E-state index is 13.2. The molecule has 1 heterocycles. The molecule has 0 unspecified atom stereocenters. The van der Waals surface area contributed by atoms with Gasteiger partial charge in [-0.2, -0.15) is 15.0 Å². The number of hydrogen-bond acceptors (Lipinski definition) is 4. The van der Waals surface area contributed by atoms with Crippen LogP contribution in [0.15, 0.2) is 18.2 Å². The van der Waals surface area contributed by atoms with E-state index in [4.69, 9.17) is 16.3 Å². The fourth-order valence-electron chi connectivity index (χ4n) is 1.50. The number of rotatable bonds is 4. The number of halogens is 2. The van der Waals surface area contributed by atoms with E-state index in [1.165, 1.54) is 6.07 Å². The van der Waals surface area contributed by atoms with Crippen molar-refractivity contribution < 1.29 is 9.13 Å². The highest BCUT2D eigenvalue weighted by Gasteiger charge is 2.09. The molecule has 100 valence electrons. The molecule has 0 aliphatic carbocycles. The van der Waals surface area contributed by atoms with E-state index in [1.807, 2.05) is 6.92 Å². The molecule has 0 atom stereocenters. The van der Waals surface area contributed by atoms with Crippen molar-refractivity contribution in [3.05, 3.63) is 34.9 Å². The number of nitrogens with zero attached hydrogens (tertiary/aromatic N) is 3. The molecule has 0 bridgehead atoms. The largest absolute Gasteiger partial charge is 0.463 e. The van der Waals surface area contributed by atoms with Crippen molar-refractivity contribution >= 4 is 11.6 Å². The van der Waals surface area contributed by atoms with Crippen LogP contribution in [0.2, 0.25) is 5.28 Å². The molecule has 6 heteroatoms. The molecule has 4 nitrogen and oxygen atoms in total. The van der Waals surface area contributed by atoms with Crippen LogP contribution < -0.4 is 4.74 Å². The van der Waals surface area contributed by atoms with Crippen LogP contribution in [0.4, 0.5) is 4.39 Å². The second-order valence-electron chi connectivity index (χ2n) is 4.02. The number of hydrogen-bond donors (Lipinski definition) is 0. The molecule has 0 fully saturated rings. The molecule has 0 aliphatic rings. The molecule has 2 aromatic rings. The van der Waals surface area contributed by atoms with Crippen molar-refractivity contribution in [1.82, 2.24) is 15.0 Å². The van der Waals surface area contributed by atoms with Gasteiger partial charge in [0.1, 0.15) is 5.82 Å². The van der Waals surface area contributed by atoms with Crippen molar-refractivity contribution in [1.29, 1.82) is 0 Å². The van der Waals surface area contributed by atoms with E-state index in [1.54, 1.807) is 19.1 Å². The lowest BCUT2D eigenvalue weighted by molar-refractivity contribution is 0.291. The van der Waals surface area contributed by atoms with Gasteiger partial charge in [-0.25, -0.2) is 4.39 Å². The summed E-state index contributed by atoms with van der Waals surface area (Å²) in [6, 6.07) is 4.80. The zero-order valence-corrected chi connectivity index (χ0v) is 11.4. The maximum Gasteiger partial charge on any atom is 0.321 e. The van der Waals surface area contributed by atoms with Crippen LogP contribution in [0.1, 0.15) is 18.9 Å². The van der Waals surface area contributed by atoms with Gasteiger partial charge >= 0.3 is 6.01 Å². The minimum atomic E-state index is -0.272. The quantitative estimate of drug-likeness (QED) is 0.861. The zero-order chi connectivity index (χ0) is 13.8. The predicted octanol–water partition coefficient (Wildman–Crippen LogP) is 3.43. The first-order chi connectivity index (χ1) is 9.10. The van der Waals surface area contributed by atoms with Gasteiger partial charge < -0.3 is 4.74 Å². The molecule has 0 radical (unpaired) electrons. The Balaban J connectivity index is 2.37. The fraction of sp³-hybridized carbons (Fsp3) is 0.308. The minimum Gasteiger partial charge on any atom is -0.463 e. The highest BCUT2D eigenvalue weighted by atomic mass is 35.5. The van der Waals surface area contributed by atoms with Gasteiger partial charge in [0, 0.05) is 5.56 Å². The van der Waals surface area contributed by atoms with Gasteiger partial charge in [0.2, 0.25) is 5.28 Å². The summed E-state index contributed by atoms with van der Waals surface area (Å²) in [5.74, 6) is 0.0977. The molecule has 0 saturated heterocycles. The predicted molar refractivity (Wildman–Crippen MR) is 70.8 cm³/mol. The summed E-state index contributed by atoms with van der Waals surface area (Å²) in [5.41, 5.74) is 1.19. The number of aryl methyl sites for hydroxylation is 1. The van der Waals surface area contributed by atoms with Crippen LogP contribution in [-0.4, -0.2) is 21.6 Å². The minimum absolute atomic E-state index is 0.0538. The van der Waals surface area contributed by atoms with Crippen LogP contribution >= 0.6 is 11.6 Å². The third kappa shape index (κ3) is 3.38. The number of aromatic nitrogens is 3. The fourth-order valence-corrected chi connectivity index (χ4v) is 1.66. The van der Waals surface area contributed by atoms with E-state index in [0.717, 1.165) is 6.42 Å². The molecular formula is C13H13ClFN3O. The lowest BCUT2D eigenvalue weighted by atomic mass is 10.1. The molecule has 0 spiro atoms. The summed E-state index contributed by atoms with van der Waals surface area (Å²) in [5, 5.41) is 0.0538. The van der Waals surface area contributed by atoms with Crippen LogP contribution in [0.25, 0.3) is 11.4 Å². The topological polar surface area (TPSA) is 47.9 Å². The molecule has 0 amide bonds. The Bertz CT molecular complexity index is 592. The molecule has 19 heavy (non-hydrogen) atoms. The Kier molecular flexibility index (Phi) is 4.27. The first-order valence-corrected chi connectivity index (χ1v) is 6.29. The Morgan fingerprint density at radius 1 is 1.26 bits per heavy atom. The van der Waals surface area contributed by atoms with Crippen molar-refractivity contribution in [2.45, 2.75) is 20.3 Å². The highest BCUT2D eigenvalue weighted by Crippen LogP contribution is 2.21. The van der Waals surface area contributed by atoms with E-state index in [9.17, 15) is 4.39 Å². The SMILES string of the molecule is CCCOc1nc(Cl)nc(-c2ccc(F)c(C)c2)n1. The Labute approximate surface area is 115 Å². The lowest BCUT2D eigenvalue weighted by Crippen LogP contribution is -2.03. The molecule has 0 N–H and O–H groups in total. The van der Waals surface area contributed by atoms with Gasteiger partial charge in [0.25, 0.3) is 0 Å². The van der Waals surface area contributed by atoms with Crippen molar-refractivity contribution in [3.63, 3.8) is 0 Å². The van der Waals surface area contributed by atoms with Crippen LogP contribution in [0.3, 0.4) is 0 Å². The second-order valence-corrected chi connectivity index (χ2v) is 4.36. The molecule has 2 rings (SSSR count). The normalized spacial score (nSPS) is 10.5.